The summed E-state index contributed by atoms with van der Waals surface area (Å²) in [4.78, 5) is 10.6. The average Bonchev–Trinajstić information content (AvgIpc) is 3.62. The minimum absolute atomic E-state index is 0.701. The fourth-order valence-electron chi connectivity index (χ4n) is 7.33. The number of fused-ring (bicyclic) bond motifs is 4. The lowest BCUT2D eigenvalue weighted by Crippen LogP contribution is -1.97. The molecule has 248 valence electrons. The van der Waals surface area contributed by atoms with Crippen LogP contribution in [0.15, 0.2) is 194 Å². The molecule has 0 radical (unpaired) electrons. The van der Waals surface area contributed by atoms with Crippen LogP contribution in [0.3, 0.4) is 0 Å². The largest absolute Gasteiger partial charge is 0.228 e. The van der Waals surface area contributed by atoms with Gasteiger partial charge in [0.1, 0.15) is 0 Å². The van der Waals surface area contributed by atoms with E-state index in [-0.39, 0.29) is 0 Å². The molecule has 53 heavy (non-hydrogen) atoms. The van der Waals surface area contributed by atoms with Gasteiger partial charge in [-0.05, 0) is 92.7 Å². The highest BCUT2D eigenvalue weighted by Crippen LogP contribution is 2.39. The summed E-state index contributed by atoms with van der Waals surface area (Å²) in [7, 11) is 0. The van der Waals surface area contributed by atoms with Crippen LogP contribution < -0.4 is 0 Å². The molecule has 0 unspecified atom stereocenters. The second kappa shape index (κ2) is 13.1. The molecule has 2 nitrogen and oxygen atoms in total. The van der Waals surface area contributed by atoms with E-state index >= 15 is 0 Å². The van der Waals surface area contributed by atoms with Gasteiger partial charge < -0.3 is 0 Å². The first-order valence-corrected chi connectivity index (χ1v) is 18.7. The van der Waals surface area contributed by atoms with Gasteiger partial charge in [-0.1, -0.05) is 146 Å². The molecule has 0 aliphatic heterocycles. The van der Waals surface area contributed by atoms with Crippen LogP contribution in [0.5, 0.6) is 0 Å². The average molecular weight is 693 g/mol. The highest BCUT2D eigenvalue weighted by Gasteiger charge is 2.15. The van der Waals surface area contributed by atoms with E-state index in [4.69, 9.17) is 9.97 Å². The molecule has 2 heterocycles. The molecule has 0 saturated heterocycles. The molecule has 0 saturated carbocycles. The van der Waals surface area contributed by atoms with Gasteiger partial charge >= 0.3 is 0 Å². The zero-order valence-electron chi connectivity index (χ0n) is 28.8. The van der Waals surface area contributed by atoms with Crippen molar-refractivity contribution in [1.29, 1.82) is 0 Å². The molecule has 8 aromatic carbocycles. The van der Waals surface area contributed by atoms with Crippen molar-refractivity contribution < 1.29 is 0 Å². The van der Waals surface area contributed by atoms with Crippen LogP contribution in [0.1, 0.15) is 0 Å². The molecule has 0 bridgehead atoms. The van der Waals surface area contributed by atoms with Gasteiger partial charge in [0.25, 0.3) is 0 Å². The molecule has 0 aliphatic carbocycles. The Labute approximate surface area is 312 Å². The Morgan fingerprint density at radius 2 is 0.830 bits per heavy atom. The third kappa shape index (κ3) is 5.97. The summed E-state index contributed by atoms with van der Waals surface area (Å²) in [6, 6.07) is 69.3. The number of nitrogens with zero attached hydrogens (tertiary/aromatic N) is 2. The summed E-state index contributed by atoms with van der Waals surface area (Å²) in [6.45, 7) is 0. The van der Waals surface area contributed by atoms with Crippen molar-refractivity contribution in [2.45, 2.75) is 0 Å². The topological polar surface area (TPSA) is 25.8 Å². The highest BCUT2D eigenvalue weighted by molar-refractivity contribution is 7.25. The van der Waals surface area contributed by atoms with Gasteiger partial charge in [-0.15, -0.1) is 11.3 Å². The molecule has 0 atom stereocenters. The lowest BCUT2D eigenvalue weighted by Gasteiger charge is -2.14. The summed E-state index contributed by atoms with van der Waals surface area (Å²) in [6.07, 6.45) is 0. The molecule has 0 N–H and O–H groups in total. The summed E-state index contributed by atoms with van der Waals surface area (Å²) >= 11 is 1.85. The van der Waals surface area contributed by atoms with Gasteiger partial charge in [-0.3, -0.25) is 0 Å². The summed E-state index contributed by atoms with van der Waals surface area (Å²) < 4.78 is 2.60. The van der Waals surface area contributed by atoms with Crippen LogP contribution in [-0.4, -0.2) is 9.97 Å². The predicted octanol–water partition coefficient (Wildman–Crippen LogP) is 14.0. The van der Waals surface area contributed by atoms with Crippen LogP contribution in [0.25, 0.3) is 98.2 Å². The third-order valence-electron chi connectivity index (χ3n) is 10.0. The van der Waals surface area contributed by atoms with E-state index in [1.54, 1.807) is 0 Å². The van der Waals surface area contributed by atoms with Crippen LogP contribution in [-0.2, 0) is 0 Å². The Balaban J connectivity index is 1.18. The number of rotatable bonds is 6. The first kappa shape index (κ1) is 31.1. The monoisotopic (exact) mass is 692 g/mol. The van der Waals surface area contributed by atoms with E-state index in [1.165, 1.54) is 36.7 Å². The van der Waals surface area contributed by atoms with E-state index in [9.17, 15) is 0 Å². The first-order valence-electron chi connectivity index (χ1n) is 17.9. The molecular formula is C50H32N2S. The maximum atomic E-state index is 5.33. The summed E-state index contributed by atoms with van der Waals surface area (Å²) in [5, 5.41) is 4.96. The van der Waals surface area contributed by atoms with Crippen molar-refractivity contribution in [1.82, 2.24) is 9.97 Å². The van der Waals surface area contributed by atoms with Gasteiger partial charge in [0.2, 0.25) is 0 Å². The molecule has 2 aromatic heterocycles. The minimum atomic E-state index is 0.701. The van der Waals surface area contributed by atoms with Crippen LogP contribution in [0, 0.1) is 0 Å². The van der Waals surface area contributed by atoms with Crippen molar-refractivity contribution in [2.24, 2.45) is 0 Å². The number of benzene rings is 8. The Kier molecular flexibility index (Phi) is 7.71. The summed E-state index contributed by atoms with van der Waals surface area (Å²) in [5.74, 6) is 0.701. The van der Waals surface area contributed by atoms with Crippen molar-refractivity contribution in [3.63, 3.8) is 0 Å². The standard InChI is InChI=1S/C50H32N2S/c1-3-12-33(13-4-1)37-18-11-19-39(26-37)46-32-47(52-50(51-46)40-23-22-35-16-7-8-17-36(35)27-40)43-29-41(34-14-5-2-6-15-34)28-42(30-43)38-24-25-45-44-20-9-10-21-48(44)53-49(45)31-38/h1-32H. The van der Waals surface area contributed by atoms with E-state index in [1.807, 2.05) is 11.3 Å². The van der Waals surface area contributed by atoms with Gasteiger partial charge in [-0.2, -0.15) is 0 Å². The fourth-order valence-corrected chi connectivity index (χ4v) is 8.48. The molecule has 0 fully saturated rings. The van der Waals surface area contributed by atoms with E-state index in [0.717, 1.165) is 55.7 Å². The maximum Gasteiger partial charge on any atom is 0.160 e. The third-order valence-corrected chi connectivity index (χ3v) is 11.2. The molecular weight excluding hydrogens is 661 g/mol. The molecule has 0 aliphatic rings. The van der Waals surface area contributed by atoms with Crippen LogP contribution >= 0.6 is 11.3 Å². The normalized spacial score (nSPS) is 11.4. The lowest BCUT2D eigenvalue weighted by molar-refractivity contribution is 1.18. The van der Waals surface area contributed by atoms with Crippen LogP contribution in [0.2, 0.25) is 0 Å². The summed E-state index contributed by atoms with van der Waals surface area (Å²) in [5.41, 5.74) is 11.8. The number of thiophene rings is 1. The number of aromatic nitrogens is 2. The maximum absolute atomic E-state index is 5.33. The highest BCUT2D eigenvalue weighted by atomic mass is 32.1. The van der Waals surface area contributed by atoms with Crippen LogP contribution in [0.4, 0.5) is 0 Å². The smallest absolute Gasteiger partial charge is 0.160 e. The second-order valence-electron chi connectivity index (χ2n) is 13.4. The van der Waals surface area contributed by atoms with E-state index < -0.39 is 0 Å². The Morgan fingerprint density at radius 1 is 0.283 bits per heavy atom. The predicted molar refractivity (Wildman–Crippen MR) is 225 cm³/mol. The van der Waals surface area contributed by atoms with Crippen molar-refractivity contribution in [3.05, 3.63) is 194 Å². The zero-order chi connectivity index (χ0) is 35.1. The van der Waals surface area contributed by atoms with Crippen molar-refractivity contribution >= 4 is 42.3 Å². The lowest BCUT2D eigenvalue weighted by atomic mass is 9.94. The van der Waals surface area contributed by atoms with Crippen molar-refractivity contribution in [3.8, 4) is 67.3 Å². The van der Waals surface area contributed by atoms with Gasteiger partial charge in [0.15, 0.2) is 5.82 Å². The van der Waals surface area contributed by atoms with E-state index in [0.29, 0.717) is 5.82 Å². The number of hydrogen-bond donors (Lipinski definition) is 0. The Hall–Kier alpha value is -6.68. The Bertz CT molecular complexity index is 2950. The molecule has 10 aromatic rings. The molecule has 0 spiro atoms. The van der Waals surface area contributed by atoms with E-state index in [2.05, 4.69) is 194 Å². The minimum Gasteiger partial charge on any atom is -0.228 e. The van der Waals surface area contributed by atoms with Gasteiger partial charge in [0.05, 0.1) is 11.4 Å². The molecule has 0 amide bonds. The van der Waals surface area contributed by atoms with Gasteiger partial charge in [0, 0.05) is 36.9 Å². The molecule has 3 heteroatoms. The number of hydrogen-bond acceptors (Lipinski definition) is 3. The quantitative estimate of drug-likeness (QED) is 0.173. The SMILES string of the molecule is c1ccc(-c2cccc(-c3cc(-c4cc(-c5ccccc5)cc(-c5ccc6c(c5)sc5ccccc56)c4)nc(-c4ccc5ccccc5c4)n3)c2)cc1. The zero-order valence-corrected chi connectivity index (χ0v) is 29.6. The van der Waals surface area contributed by atoms with Gasteiger partial charge in [-0.25, -0.2) is 9.97 Å². The van der Waals surface area contributed by atoms with Crippen molar-refractivity contribution in [2.75, 3.05) is 0 Å². The Morgan fingerprint density at radius 3 is 1.64 bits per heavy atom. The molecule has 10 rings (SSSR count). The first-order chi connectivity index (χ1) is 26.2. The fraction of sp³-hybridized carbons (Fsp3) is 0. The second-order valence-corrected chi connectivity index (χ2v) is 14.5.